The van der Waals surface area contributed by atoms with Crippen molar-refractivity contribution in [3.05, 3.63) is 46.4 Å². The Bertz CT molecular complexity index is 308. The third-order valence-electron chi connectivity index (χ3n) is 1.24. The summed E-state index contributed by atoms with van der Waals surface area (Å²) < 4.78 is 0. The summed E-state index contributed by atoms with van der Waals surface area (Å²) in [5, 5.41) is 10.0. The summed E-state index contributed by atoms with van der Waals surface area (Å²) in [5.41, 5.74) is 6.03. The zero-order valence-electron chi connectivity index (χ0n) is 6.18. The Morgan fingerprint density at radius 2 is 2.50 bits per heavy atom. The molecule has 0 aliphatic rings. The fourth-order valence-electron chi connectivity index (χ4n) is 0.722. The standard InChI is InChI=1S/C7H7N3O2/c8-7(5-10(11)12)6-2-1-3-9-4-6/h1-5H,8H2/b7-5-. The molecule has 5 heteroatoms. The molecule has 1 aromatic rings. The van der Waals surface area contributed by atoms with Crippen LogP contribution in [-0.2, 0) is 0 Å². The number of aromatic nitrogens is 1. The Hall–Kier alpha value is -1.91. The number of pyridine rings is 1. The fraction of sp³-hybridized carbons (Fsp3) is 0. The van der Waals surface area contributed by atoms with Crippen molar-refractivity contribution >= 4 is 5.70 Å². The van der Waals surface area contributed by atoms with Crippen LogP contribution in [0.2, 0.25) is 0 Å². The lowest BCUT2D eigenvalue weighted by molar-refractivity contribution is -0.401. The largest absolute Gasteiger partial charge is 0.393 e. The van der Waals surface area contributed by atoms with E-state index in [-0.39, 0.29) is 5.70 Å². The summed E-state index contributed by atoms with van der Waals surface area (Å²) in [6.45, 7) is 0. The molecule has 0 unspecified atom stereocenters. The number of hydrogen-bond donors (Lipinski definition) is 1. The van der Waals surface area contributed by atoms with Gasteiger partial charge in [-0.25, -0.2) is 0 Å². The Labute approximate surface area is 68.7 Å². The lowest BCUT2D eigenvalue weighted by Gasteiger charge is -1.94. The van der Waals surface area contributed by atoms with Gasteiger partial charge in [-0.1, -0.05) is 0 Å². The molecule has 12 heavy (non-hydrogen) atoms. The monoisotopic (exact) mass is 165 g/mol. The molecule has 0 aliphatic carbocycles. The molecule has 0 spiro atoms. The molecular formula is C7H7N3O2. The van der Waals surface area contributed by atoms with Crippen LogP contribution in [-0.4, -0.2) is 9.91 Å². The average Bonchev–Trinajstić information content (AvgIpc) is 2.05. The Balaban J connectivity index is 2.93. The minimum atomic E-state index is -0.595. The van der Waals surface area contributed by atoms with Gasteiger partial charge in [0.2, 0.25) is 0 Å². The van der Waals surface area contributed by atoms with Gasteiger partial charge >= 0.3 is 0 Å². The van der Waals surface area contributed by atoms with Gasteiger partial charge in [0.05, 0.1) is 4.92 Å². The quantitative estimate of drug-likeness (QED) is 0.514. The molecule has 0 atom stereocenters. The van der Waals surface area contributed by atoms with Gasteiger partial charge in [-0.2, -0.15) is 0 Å². The first-order chi connectivity index (χ1) is 5.70. The average molecular weight is 165 g/mol. The molecule has 0 aliphatic heterocycles. The van der Waals surface area contributed by atoms with E-state index in [2.05, 4.69) is 4.98 Å². The maximum Gasteiger partial charge on any atom is 0.257 e. The summed E-state index contributed by atoms with van der Waals surface area (Å²) in [6, 6.07) is 3.32. The molecule has 0 saturated heterocycles. The summed E-state index contributed by atoms with van der Waals surface area (Å²) in [6.07, 6.45) is 3.79. The van der Waals surface area contributed by atoms with E-state index < -0.39 is 4.92 Å². The van der Waals surface area contributed by atoms with Gasteiger partial charge in [-0.15, -0.1) is 0 Å². The van der Waals surface area contributed by atoms with E-state index in [1.807, 2.05) is 0 Å². The molecule has 2 N–H and O–H groups in total. The number of nitrogens with two attached hydrogens (primary N) is 1. The molecular weight excluding hydrogens is 158 g/mol. The van der Waals surface area contributed by atoms with Gasteiger partial charge in [0.15, 0.2) is 0 Å². The molecule has 0 radical (unpaired) electrons. The maximum absolute atomic E-state index is 10.0. The number of nitrogens with zero attached hydrogens (tertiary/aromatic N) is 2. The van der Waals surface area contributed by atoms with E-state index >= 15 is 0 Å². The topological polar surface area (TPSA) is 82.0 Å². The number of rotatable bonds is 2. The van der Waals surface area contributed by atoms with Gasteiger partial charge in [-0.3, -0.25) is 15.1 Å². The third kappa shape index (κ3) is 2.05. The second kappa shape index (κ2) is 3.47. The minimum Gasteiger partial charge on any atom is -0.393 e. The summed E-state index contributed by atoms with van der Waals surface area (Å²) >= 11 is 0. The Morgan fingerprint density at radius 1 is 1.75 bits per heavy atom. The van der Waals surface area contributed by atoms with Crippen LogP contribution in [0.5, 0.6) is 0 Å². The first kappa shape index (κ1) is 8.19. The first-order valence-corrected chi connectivity index (χ1v) is 3.21. The molecule has 5 nitrogen and oxygen atoms in total. The Morgan fingerprint density at radius 3 is 3.00 bits per heavy atom. The Kier molecular flexibility index (Phi) is 2.37. The normalized spacial score (nSPS) is 11.2. The summed E-state index contributed by atoms with van der Waals surface area (Å²) in [4.78, 5) is 13.2. The van der Waals surface area contributed by atoms with E-state index in [0.29, 0.717) is 5.56 Å². The van der Waals surface area contributed by atoms with Gasteiger partial charge in [-0.05, 0) is 12.1 Å². The van der Waals surface area contributed by atoms with Crippen LogP contribution >= 0.6 is 0 Å². The smallest absolute Gasteiger partial charge is 0.257 e. The molecule has 0 bridgehead atoms. The SMILES string of the molecule is N/C(=C\[N+](=O)[O-])c1cccnc1. The van der Waals surface area contributed by atoms with Crippen LogP contribution in [0.15, 0.2) is 30.7 Å². The highest BCUT2D eigenvalue weighted by atomic mass is 16.6. The van der Waals surface area contributed by atoms with E-state index in [4.69, 9.17) is 5.73 Å². The highest BCUT2D eigenvalue weighted by molar-refractivity contribution is 5.60. The van der Waals surface area contributed by atoms with Crippen LogP contribution in [0.4, 0.5) is 0 Å². The zero-order chi connectivity index (χ0) is 8.97. The molecule has 0 aromatic carbocycles. The third-order valence-corrected chi connectivity index (χ3v) is 1.24. The first-order valence-electron chi connectivity index (χ1n) is 3.21. The van der Waals surface area contributed by atoms with E-state index in [1.165, 1.54) is 6.20 Å². The molecule has 1 heterocycles. The van der Waals surface area contributed by atoms with Gasteiger partial charge in [0.1, 0.15) is 5.70 Å². The van der Waals surface area contributed by atoms with Crippen molar-refractivity contribution < 1.29 is 4.92 Å². The second-order valence-corrected chi connectivity index (χ2v) is 2.11. The van der Waals surface area contributed by atoms with E-state index in [1.54, 1.807) is 18.3 Å². The van der Waals surface area contributed by atoms with Gasteiger partial charge < -0.3 is 5.73 Å². The lowest BCUT2D eigenvalue weighted by Crippen LogP contribution is -1.99. The fourth-order valence-corrected chi connectivity index (χ4v) is 0.722. The summed E-state index contributed by atoms with van der Waals surface area (Å²) in [5.74, 6) is 0. The molecule has 0 amide bonds. The van der Waals surface area contributed by atoms with Crippen LogP contribution in [0, 0.1) is 10.1 Å². The van der Waals surface area contributed by atoms with Crippen molar-refractivity contribution in [2.45, 2.75) is 0 Å². The maximum atomic E-state index is 10.0. The predicted molar refractivity (Wildman–Crippen MR) is 43.4 cm³/mol. The highest BCUT2D eigenvalue weighted by Crippen LogP contribution is 2.04. The minimum absolute atomic E-state index is 0.105. The van der Waals surface area contributed by atoms with Crippen molar-refractivity contribution in [1.29, 1.82) is 0 Å². The number of hydrogen-bond acceptors (Lipinski definition) is 4. The van der Waals surface area contributed by atoms with Gasteiger partial charge in [0, 0.05) is 18.0 Å². The van der Waals surface area contributed by atoms with Crippen LogP contribution in [0.1, 0.15) is 5.56 Å². The van der Waals surface area contributed by atoms with E-state index in [9.17, 15) is 10.1 Å². The van der Waals surface area contributed by atoms with Crippen molar-refractivity contribution in [2.24, 2.45) is 5.73 Å². The molecule has 0 saturated carbocycles. The van der Waals surface area contributed by atoms with Crippen molar-refractivity contribution in [1.82, 2.24) is 4.98 Å². The van der Waals surface area contributed by atoms with Crippen molar-refractivity contribution in [3.63, 3.8) is 0 Å². The highest BCUT2D eigenvalue weighted by Gasteiger charge is 1.99. The van der Waals surface area contributed by atoms with Gasteiger partial charge in [0.25, 0.3) is 6.20 Å². The second-order valence-electron chi connectivity index (χ2n) is 2.11. The lowest BCUT2D eigenvalue weighted by atomic mass is 10.2. The summed E-state index contributed by atoms with van der Waals surface area (Å²) in [7, 11) is 0. The predicted octanol–water partition coefficient (Wildman–Crippen LogP) is 0.615. The van der Waals surface area contributed by atoms with E-state index in [0.717, 1.165) is 6.20 Å². The zero-order valence-corrected chi connectivity index (χ0v) is 6.18. The van der Waals surface area contributed by atoms with Crippen molar-refractivity contribution in [2.75, 3.05) is 0 Å². The number of nitro groups is 1. The van der Waals surface area contributed by atoms with Crippen LogP contribution in [0.3, 0.4) is 0 Å². The van der Waals surface area contributed by atoms with Crippen LogP contribution < -0.4 is 5.73 Å². The molecule has 1 rings (SSSR count). The van der Waals surface area contributed by atoms with Crippen molar-refractivity contribution in [3.8, 4) is 0 Å². The van der Waals surface area contributed by atoms with Crippen LogP contribution in [0.25, 0.3) is 5.70 Å². The molecule has 62 valence electrons. The molecule has 0 fully saturated rings. The molecule has 1 aromatic heterocycles.